The van der Waals surface area contributed by atoms with Crippen molar-refractivity contribution in [2.24, 2.45) is 10.8 Å². The van der Waals surface area contributed by atoms with Crippen molar-refractivity contribution in [3.63, 3.8) is 0 Å². The maximum Gasteiger partial charge on any atom is 0.416 e. The summed E-state index contributed by atoms with van der Waals surface area (Å²) in [5, 5.41) is 17.5. The molecule has 0 aliphatic heterocycles. The lowest BCUT2D eigenvalue weighted by molar-refractivity contribution is -0.0757. The molecule has 0 heterocycles. The van der Waals surface area contributed by atoms with Crippen LogP contribution in [0, 0.1) is 10.8 Å². The fourth-order valence-corrected chi connectivity index (χ4v) is 2.41. The van der Waals surface area contributed by atoms with Crippen LogP contribution in [0.25, 0.3) is 0 Å². The van der Waals surface area contributed by atoms with E-state index in [4.69, 9.17) is 10.2 Å². The van der Waals surface area contributed by atoms with Crippen LogP contribution in [-0.4, -0.2) is 39.5 Å². The number of carboxylic acid groups (broad SMARTS) is 2. The Morgan fingerprint density at radius 2 is 1.26 bits per heavy atom. The molecule has 6 heteroatoms. The third-order valence-electron chi connectivity index (χ3n) is 3.52. The number of hydrogen-bond acceptors (Lipinski definition) is 2. The van der Waals surface area contributed by atoms with Crippen molar-refractivity contribution in [1.82, 2.24) is 4.90 Å². The summed E-state index contributed by atoms with van der Waals surface area (Å²) in [4.78, 5) is 21.8. The van der Waals surface area contributed by atoms with Gasteiger partial charge in [0, 0.05) is 13.0 Å². The van der Waals surface area contributed by atoms with Gasteiger partial charge >= 0.3 is 12.2 Å². The zero-order chi connectivity index (χ0) is 15.6. The summed E-state index contributed by atoms with van der Waals surface area (Å²) < 4.78 is 15.3. The summed E-state index contributed by atoms with van der Waals surface area (Å²) in [6, 6.07) is 0. The van der Waals surface area contributed by atoms with Crippen molar-refractivity contribution >= 4 is 12.2 Å². The molecule has 2 N–H and O–H groups in total. The largest absolute Gasteiger partial charge is 0.465 e. The summed E-state index contributed by atoms with van der Waals surface area (Å²) in [6.45, 7) is 9.98. The minimum Gasteiger partial charge on any atom is -0.465 e. The highest BCUT2D eigenvalue weighted by atomic mass is 19.1. The minimum atomic E-state index is -1.69. The highest BCUT2D eigenvalue weighted by molar-refractivity contribution is 5.85. The van der Waals surface area contributed by atoms with Gasteiger partial charge in [0.05, 0.1) is 0 Å². The van der Waals surface area contributed by atoms with Crippen molar-refractivity contribution in [1.29, 1.82) is 0 Å². The SMILES string of the molecule is CC(C)(C)C(F)(CCN(C(=O)O)C(=O)O)C(C)(C)C. The van der Waals surface area contributed by atoms with Gasteiger partial charge in [-0.1, -0.05) is 41.5 Å². The van der Waals surface area contributed by atoms with E-state index in [-0.39, 0.29) is 17.9 Å². The van der Waals surface area contributed by atoms with Crippen molar-refractivity contribution in [2.45, 2.75) is 53.6 Å². The first-order valence-electron chi connectivity index (χ1n) is 6.16. The van der Waals surface area contributed by atoms with Crippen molar-refractivity contribution < 1.29 is 24.2 Å². The monoisotopic (exact) mass is 277 g/mol. The molecule has 0 saturated carbocycles. The third kappa shape index (κ3) is 3.81. The maximum atomic E-state index is 15.3. The van der Waals surface area contributed by atoms with E-state index in [1.54, 1.807) is 41.5 Å². The zero-order valence-corrected chi connectivity index (χ0v) is 12.5. The number of rotatable bonds is 3. The van der Waals surface area contributed by atoms with E-state index in [1.165, 1.54) is 0 Å². The number of hydrogen-bond donors (Lipinski definition) is 2. The molecule has 0 unspecified atom stereocenters. The number of halogens is 1. The molecule has 0 atom stereocenters. The second-order valence-electron chi connectivity index (χ2n) is 6.77. The van der Waals surface area contributed by atoms with Crippen LogP contribution in [0.5, 0.6) is 0 Å². The first-order valence-corrected chi connectivity index (χ1v) is 6.16. The predicted molar refractivity (Wildman–Crippen MR) is 70.1 cm³/mol. The second-order valence-corrected chi connectivity index (χ2v) is 6.77. The summed E-state index contributed by atoms with van der Waals surface area (Å²) in [6.07, 6.45) is -3.34. The molecule has 0 aromatic rings. The molecule has 0 fully saturated rings. The summed E-state index contributed by atoms with van der Waals surface area (Å²) in [5.41, 5.74) is -3.15. The van der Waals surface area contributed by atoms with Gasteiger partial charge in [0.15, 0.2) is 0 Å². The van der Waals surface area contributed by atoms with Gasteiger partial charge in [-0.05, 0) is 10.8 Å². The van der Waals surface area contributed by atoms with Gasteiger partial charge in [-0.2, -0.15) is 0 Å². The van der Waals surface area contributed by atoms with Crippen LogP contribution in [0.4, 0.5) is 14.0 Å². The number of nitrogens with zero attached hydrogens (tertiary/aromatic N) is 1. The molecule has 0 spiro atoms. The molecule has 0 aliphatic carbocycles. The Labute approximate surface area is 113 Å². The van der Waals surface area contributed by atoms with Gasteiger partial charge in [0.25, 0.3) is 0 Å². The molecular weight excluding hydrogens is 253 g/mol. The minimum absolute atomic E-state index is 0.168. The second kappa shape index (κ2) is 5.35. The smallest absolute Gasteiger partial charge is 0.416 e. The Morgan fingerprint density at radius 3 is 1.47 bits per heavy atom. The van der Waals surface area contributed by atoms with E-state index in [0.717, 1.165) is 0 Å². The average molecular weight is 277 g/mol. The Balaban J connectivity index is 5.19. The molecule has 0 radical (unpaired) electrons. The summed E-state index contributed by atoms with van der Waals surface area (Å²) in [7, 11) is 0. The molecule has 0 saturated heterocycles. The highest BCUT2D eigenvalue weighted by Gasteiger charge is 2.51. The normalized spacial score (nSPS) is 13.2. The van der Waals surface area contributed by atoms with Crippen LogP contribution in [0.2, 0.25) is 0 Å². The van der Waals surface area contributed by atoms with Gasteiger partial charge in [-0.25, -0.2) is 18.9 Å². The number of alkyl halides is 1. The van der Waals surface area contributed by atoms with Crippen LogP contribution in [0.15, 0.2) is 0 Å². The highest BCUT2D eigenvalue weighted by Crippen LogP contribution is 2.49. The molecule has 0 aliphatic rings. The van der Waals surface area contributed by atoms with E-state index in [2.05, 4.69) is 0 Å². The fraction of sp³-hybridized carbons (Fsp3) is 0.846. The molecule has 2 amide bonds. The van der Waals surface area contributed by atoms with Crippen molar-refractivity contribution in [3.05, 3.63) is 0 Å². The lowest BCUT2D eigenvalue weighted by Gasteiger charge is -2.47. The van der Waals surface area contributed by atoms with E-state index < -0.39 is 28.7 Å². The molecular formula is C13H24FNO4. The lowest BCUT2D eigenvalue weighted by atomic mass is 9.62. The lowest BCUT2D eigenvalue weighted by Crippen LogP contribution is -2.52. The molecule has 5 nitrogen and oxygen atoms in total. The standard InChI is InChI=1S/C13H24FNO4/c1-11(2,3)13(14,12(4,5)6)7-8-15(9(16)17)10(18)19/h7-8H2,1-6H3,(H,16,17)(H,18,19). The fourth-order valence-electron chi connectivity index (χ4n) is 2.41. The average Bonchev–Trinajstić information content (AvgIpc) is 2.12. The molecule has 0 bridgehead atoms. The first-order chi connectivity index (χ1) is 8.24. The Hall–Kier alpha value is -1.33. The quantitative estimate of drug-likeness (QED) is 0.821. The van der Waals surface area contributed by atoms with E-state index >= 15 is 4.39 Å². The number of amides is 2. The summed E-state index contributed by atoms with van der Waals surface area (Å²) >= 11 is 0. The van der Waals surface area contributed by atoms with E-state index in [1.807, 2.05) is 0 Å². The summed E-state index contributed by atoms with van der Waals surface area (Å²) in [5.74, 6) is 0. The van der Waals surface area contributed by atoms with Crippen molar-refractivity contribution in [2.75, 3.05) is 6.54 Å². The van der Waals surface area contributed by atoms with E-state index in [9.17, 15) is 9.59 Å². The molecule has 0 aromatic carbocycles. The topological polar surface area (TPSA) is 77.8 Å². The molecule has 0 rings (SSSR count). The van der Waals surface area contributed by atoms with Gasteiger partial charge in [0.2, 0.25) is 0 Å². The molecule has 19 heavy (non-hydrogen) atoms. The molecule has 0 aromatic heterocycles. The van der Waals surface area contributed by atoms with Crippen LogP contribution in [0.1, 0.15) is 48.0 Å². The zero-order valence-electron chi connectivity index (χ0n) is 12.5. The van der Waals surface area contributed by atoms with Gasteiger partial charge in [0.1, 0.15) is 5.67 Å². The van der Waals surface area contributed by atoms with Crippen LogP contribution in [0.3, 0.4) is 0 Å². The first kappa shape index (κ1) is 17.7. The van der Waals surface area contributed by atoms with Crippen LogP contribution < -0.4 is 0 Å². The van der Waals surface area contributed by atoms with Crippen LogP contribution in [-0.2, 0) is 0 Å². The Kier molecular flexibility index (Phi) is 4.97. The number of imide groups is 1. The number of carbonyl (C=O) groups is 2. The van der Waals surface area contributed by atoms with Gasteiger partial charge in [-0.3, -0.25) is 0 Å². The van der Waals surface area contributed by atoms with Crippen molar-refractivity contribution in [3.8, 4) is 0 Å². The van der Waals surface area contributed by atoms with Gasteiger partial charge in [-0.15, -0.1) is 0 Å². The predicted octanol–water partition coefficient (Wildman–Crippen LogP) is 3.84. The third-order valence-corrected chi connectivity index (χ3v) is 3.52. The maximum absolute atomic E-state index is 15.3. The van der Waals surface area contributed by atoms with Gasteiger partial charge < -0.3 is 10.2 Å². The van der Waals surface area contributed by atoms with E-state index in [0.29, 0.717) is 0 Å². The Bertz CT molecular complexity index is 327. The molecule has 112 valence electrons. The Morgan fingerprint density at radius 1 is 0.947 bits per heavy atom. The van der Waals surface area contributed by atoms with Crippen LogP contribution >= 0.6 is 0 Å².